The van der Waals surface area contributed by atoms with Gasteiger partial charge in [0.1, 0.15) is 12.4 Å². The van der Waals surface area contributed by atoms with Crippen LogP contribution in [0.5, 0.6) is 5.75 Å². The molecule has 2 aromatic rings. The van der Waals surface area contributed by atoms with E-state index in [1.54, 1.807) is 6.08 Å². The summed E-state index contributed by atoms with van der Waals surface area (Å²) in [5, 5.41) is 24.0. The van der Waals surface area contributed by atoms with Crippen LogP contribution in [0.4, 0.5) is 0 Å². The molecule has 0 fully saturated rings. The van der Waals surface area contributed by atoms with Gasteiger partial charge in [0.25, 0.3) is 0 Å². The van der Waals surface area contributed by atoms with Crippen LogP contribution in [0.25, 0.3) is 0 Å². The standard InChI is InChI=1S/C27H36N2O6/c1-2-6-23(18-26(32)28-13-15-34-16-14-30)27(33)29-24(19-31)17-21-9-11-25(12-10-21)35-20-22-7-4-3-5-8-22/h2-5,7-12,23-24,30-31H,1,6,13-20H2,(H,28,32)(H,29,33)/t23-,24+/m1/s1. The van der Waals surface area contributed by atoms with Crippen LogP contribution in [0.1, 0.15) is 24.0 Å². The van der Waals surface area contributed by atoms with Gasteiger partial charge in [-0.05, 0) is 36.1 Å². The van der Waals surface area contributed by atoms with E-state index in [9.17, 15) is 14.7 Å². The first-order valence-corrected chi connectivity index (χ1v) is 11.8. The van der Waals surface area contributed by atoms with Crippen molar-refractivity contribution in [2.24, 2.45) is 5.92 Å². The Morgan fingerprint density at radius 1 is 1.00 bits per heavy atom. The minimum absolute atomic E-state index is 0.00342. The van der Waals surface area contributed by atoms with Gasteiger partial charge in [-0.1, -0.05) is 48.5 Å². The maximum absolute atomic E-state index is 12.8. The molecule has 0 radical (unpaired) electrons. The molecule has 0 heterocycles. The summed E-state index contributed by atoms with van der Waals surface area (Å²) in [5.74, 6) is -0.431. The number of carbonyl (C=O) groups excluding carboxylic acids is 2. The Kier molecular flexibility index (Phi) is 13.2. The number of hydrogen-bond donors (Lipinski definition) is 4. The number of nitrogens with one attached hydrogen (secondary N) is 2. The van der Waals surface area contributed by atoms with E-state index in [2.05, 4.69) is 17.2 Å². The van der Waals surface area contributed by atoms with E-state index in [1.807, 2.05) is 54.6 Å². The molecule has 0 aliphatic rings. The lowest BCUT2D eigenvalue weighted by atomic mass is 9.98. The first kappa shape index (κ1) is 28.0. The van der Waals surface area contributed by atoms with Gasteiger partial charge in [0.15, 0.2) is 0 Å². The van der Waals surface area contributed by atoms with Crippen molar-refractivity contribution < 1.29 is 29.3 Å². The predicted molar refractivity (Wildman–Crippen MR) is 134 cm³/mol. The summed E-state index contributed by atoms with van der Waals surface area (Å²) in [7, 11) is 0. The molecule has 2 amide bonds. The minimum atomic E-state index is -0.589. The van der Waals surface area contributed by atoms with Crippen LogP contribution < -0.4 is 15.4 Å². The first-order chi connectivity index (χ1) is 17.0. The number of carbonyl (C=O) groups is 2. The number of allylic oxidation sites excluding steroid dienone is 1. The van der Waals surface area contributed by atoms with Gasteiger partial charge in [-0.15, -0.1) is 6.58 Å². The number of aliphatic hydroxyl groups is 2. The van der Waals surface area contributed by atoms with Gasteiger partial charge in [0, 0.05) is 13.0 Å². The third kappa shape index (κ3) is 11.2. The SMILES string of the molecule is C=CC[C@H](CC(=O)NCCOCCO)C(=O)N[C@H](CO)Cc1ccc(OCc2ccccc2)cc1. The van der Waals surface area contributed by atoms with Crippen molar-refractivity contribution in [2.75, 3.05) is 33.0 Å². The van der Waals surface area contributed by atoms with Gasteiger partial charge >= 0.3 is 0 Å². The summed E-state index contributed by atoms with van der Waals surface area (Å²) >= 11 is 0. The average molecular weight is 485 g/mol. The fourth-order valence-electron chi connectivity index (χ4n) is 3.44. The van der Waals surface area contributed by atoms with Crippen LogP contribution in [0.2, 0.25) is 0 Å². The molecular weight excluding hydrogens is 448 g/mol. The van der Waals surface area contributed by atoms with Crippen molar-refractivity contribution in [2.45, 2.75) is 31.9 Å². The zero-order valence-corrected chi connectivity index (χ0v) is 20.0. The molecule has 2 aromatic carbocycles. The number of rotatable bonds is 17. The van der Waals surface area contributed by atoms with E-state index >= 15 is 0 Å². The molecule has 0 aliphatic heterocycles. The number of benzene rings is 2. The highest BCUT2D eigenvalue weighted by atomic mass is 16.5. The van der Waals surface area contributed by atoms with Crippen molar-refractivity contribution in [3.63, 3.8) is 0 Å². The smallest absolute Gasteiger partial charge is 0.224 e. The highest BCUT2D eigenvalue weighted by molar-refractivity contribution is 5.86. The van der Waals surface area contributed by atoms with E-state index in [4.69, 9.17) is 14.6 Å². The summed E-state index contributed by atoms with van der Waals surface area (Å²) in [4.78, 5) is 25.0. The summed E-state index contributed by atoms with van der Waals surface area (Å²) in [6.07, 6.45) is 2.38. The van der Waals surface area contributed by atoms with E-state index < -0.39 is 12.0 Å². The molecule has 0 bridgehead atoms. The molecule has 4 N–H and O–H groups in total. The molecule has 0 aromatic heterocycles. The molecule has 0 saturated heterocycles. The molecule has 2 atom stereocenters. The molecule has 8 nitrogen and oxygen atoms in total. The van der Waals surface area contributed by atoms with E-state index in [0.29, 0.717) is 26.0 Å². The van der Waals surface area contributed by atoms with Crippen LogP contribution in [0, 0.1) is 5.92 Å². The van der Waals surface area contributed by atoms with Gasteiger partial charge in [-0.25, -0.2) is 0 Å². The summed E-state index contributed by atoms with van der Waals surface area (Å²) in [5.41, 5.74) is 2.02. The lowest BCUT2D eigenvalue weighted by Crippen LogP contribution is -2.43. The summed E-state index contributed by atoms with van der Waals surface area (Å²) < 4.78 is 10.9. The largest absolute Gasteiger partial charge is 0.489 e. The molecule has 0 saturated carbocycles. The molecule has 190 valence electrons. The lowest BCUT2D eigenvalue weighted by Gasteiger charge is -2.21. The third-order valence-electron chi connectivity index (χ3n) is 5.28. The molecular formula is C27H36N2O6. The van der Waals surface area contributed by atoms with Crippen LogP contribution in [-0.4, -0.2) is 61.0 Å². The van der Waals surface area contributed by atoms with Gasteiger partial charge in [0.05, 0.1) is 38.4 Å². The Hall–Kier alpha value is -3.20. The number of amides is 2. The van der Waals surface area contributed by atoms with Crippen molar-refractivity contribution in [1.29, 1.82) is 0 Å². The van der Waals surface area contributed by atoms with Crippen molar-refractivity contribution in [3.05, 3.63) is 78.4 Å². The summed E-state index contributed by atoms with van der Waals surface area (Å²) in [6.45, 7) is 4.64. The normalized spacial score (nSPS) is 12.4. The van der Waals surface area contributed by atoms with Crippen LogP contribution in [0.3, 0.4) is 0 Å². The summed E-state index contributed by atoms with van der Waals surface area (Å²) in [6, 6.07) is 16.9. The number of hydrogen-bond acceptors (Lipinski definition) is 6. The van der Waals surface area contributed by atoms with Gasteiger partial charge < -0.3 is 30.3 Å². The quantitative estimate of drug-likeness (QED) is 0.202. The highest BCUT2D eigenvalue weighted by Gasteiger charge is 2.23. The zero-order chi connectivity index (χ0) is 25.3. The maximum atomic E-state index is 12.8. The van der Waals surface area contributed by atoms with E-state index in [1.165, 1.54) is 0 Å². The van der Waals surface area contributed by atoms with Crippen molar-refractivity contribution in [1.82, 2.24) is 10.6 Å². The topological polar surface area (TPSA) is 117 Å². The monoisotopic (exact) mass is 484 g/mol. The van der Waals surface area contributed by atoms with E-state index in [-0.39, 0.29) is 44.7 Å². The average Bonchev–Trinajstić information content (AvgIpc) is 2.88. The Balaban J connectivity index is 1.83. The molecule has 0 unspecified atom stereocenters. The Labute approximate surface area is 207 Å². The van der Waals surface area contributed by atoms with Crippen molar-refractivity contribution in [3.8, 4) is 5.75 Å². The second kappa shape index (κ2) is 16.4. The Morgan fingerprint density at radius 3 is 2.40 bits per heavy atom. The van der Waals surface area contributed by atoms with Gasteiger partial charge in [0.2, 0.25) is 11.8 Å². The van der Waals surface area contributed by atoms with Crippen LogP contribution in [0.15, 0.2) is 67.3 Å². The fourth-order valence-corrected chi connectivity index (χ4v) is 3.44. The van der Waals surface area contributed by atoms with E-state index in [0.717, 1.165) is 16.9 Å². The van der Waals surface area contributed by atoms with Gasteiger partial charge in [-0.2, -0.15) is 0 Å². The zero-order valence-electron chi connectivity index (χ0n) is 20.0. The molecule has 0 spiro atoms. The van der Waals surface area contributed by atoms with Gasteiger partial charge in [-0.3, -0.25) is 9.59 Å². The number of aliphatic hydroxyl groups excluding tert-OH is 2. The maximum Gasteiger partial charge on any atom is 0.224 e. The molecule has 0 aliphatic carbocycles. The Morgan fingerprint density at radius 2 is 1.74 bits per heavy atom. The number of ether oxygens (including phenoxy) is 2. The van der Waals surface area contributed by atoms with Crippen LogP contribution >= 0.6 is 0 Å². The third-order valence-corrected chi connectivity index (χ3v) is 5.28. The molecule has 35 heavy (non-hydrogen) atoms. The molecule has 8 heteroatoms. The second-order valence-corrected chi connectivity index (χ2v) is 8.12. The highest BCUT2D eigenvalue weighted by Crippen LogP contribution is 2.16. The molecule has 2 rings (SSSR count). The van der Waals surface area contributed by atoms with Crippen LogP contribution in [-0.2, 0) is 27.4 Å². The second-order valence-electron chi connectivity index (χ2n) is 8.12. The fraction of sp³-hybridized carbons (Fsp3) is 0.407. The van der Waals surface area contributed by atoms with Crippen molar-refractivity contribution >= 4 is 11.8 Å². The minimum Gasteiger partial charge on any atom is -0.489 e. The first-order valence-electron chi connectivity index (χ1n) is 11.8. The predicted octanol–water partition coefficient (Wildman–Crippen LogP) is 1.99. The lowest BCUT2D eigenvalue weighted by molar-refractivity contribution is -0.131. The Bertz CT molecular complexity index is 888.